The van der Waals surface area contributed by atoms with Crippen molar-refractivity contribution in [1.82, 2.24) is 0 Å². The van der Waals surface area contributed by atoms with Crippen LogP contribution in [0.1, 0.15) is 18.1 Å². The fraction of sp³-hybridized carbons (Fsp3) is 0.273. The molecule has 0 heterocycles. The van der Waals surface area contributed by atoms with Gasteiger partial charge in [-0.2, -0.15) is 5.26 Å². The lowest BCUT2D eigenvalue weighted by molar-refractivity contribution is -0.142. The third-order valence-electron chi connectivity index (χ3n) is 1.86. The van der Waals surface area contributed by atoms with Crippen molar-refractivity contribution >= 4 is 29.2 Å². The summed E-state index contributed by atoms with van der Waals surface area (Å²) in [5, 5.41) is 9.26. The lowest BCUT2D eigenvalue weighted by Crippen LogP contribution is -2.07. The molecule has 0 radical (unpaired) electrons. The minimum Gasteiger partial charge on any atom is -0.466 e. The second-order valence-electron chi connectivity index (χ2n) is 3.03. The van der Waals surface area contributed by atoms with Gasteiger partial charge in [0.15, 0.2) is 0 Å². The maximum Gasteiger partial charge on any atom is 0.310 e. The summed E-state index contributed by atoms with van der Waals surface area (Å²) in [6.07, 6.45) is 0.0827. The molecule has 0 aliphatic rings. The van der Waals surface area contributed by atoms with Crippen LogP contribution >= 0.6 is 23.2 Å². The van der Waals surface area contributed by atoms with Gasteiger partial charge in [0.2, 0.25) is 0 Å². The average Bonchev–Trinajstić information content (AvgIpc) is 2.23. The van der Waals surface area contributed by atoms with Crippen LogP contribution in [0.2, 0.25) is 10.0 Å². The van der Waals surface area contributed by atoms with Crippen LogP contribution in [0.25, 0.3) is 0 Å². The van der Waals surface area contributed by atoms with Crippen molar-refractivity contribution in [3.05, 3.63) is 33.3 Å². The zero-order valence-electron chi connectivity index (χ0n) is 8.59. The van der Waals surface area contributed by atoms with E-state index in [0.717, 1.165) is 0 Å². The molecule has 0 fully saturated rings. The molecule has 0 saturated heterocycles. The van der Waals surface area contributed by atoms with Crippen LogP contribution in [0.4, 0.5) is 0 Å². The number of nitrogens with zero attached hydrogens (tertiary/aromatic N) is 1. The number of rotatable bonds is 3. The molecule has 0 saturated carbocycles. The summed E-state index contributed by atoms with van der Waals surface area (Å²) < 4.78 is 4.79. The molecule has 0 atom stereocenters. The molecule has 3 nitrogen and oxygen atoms in total. The number of halogens is 2. The van der Waals surface area contributed by atoms with Crippen LogP contribution in [0.15, 0.2) is 12.1 Å². The van der Waals surface area contributed by atoms with E-state index in [1.807, 2.05) is 6.07 Å². The Labute approximate surface area is 104 Å². The Morgan fingerprint density at radius 3 is 2.75 bits per heavy atom. The van der Waals surface area contributed by atoms with Gasteiger partial charge in [-0.1, -0.05) is 23.2 Å². The number of benzene rings is 1. The minimum atomic E-state index is -0.357. The summed E-state index contributed by atoms with van der Waals surface area (Å²) in [5.41, 5.74) is 0.873. The Balaban J connectivity index is 2.95. The Hall–Kier alpha value is -1.24. The Bertz CT molecular complexity index is 452. The molecule has 0 bridgehead atoms. The molecule has 0 aromatic heterocycles. The summed E-state index contributed by atoms with van der Waals surface area (Å²) in [6.45, 7) is 2.05. The number of ether oxygens (including phenoxy) is 1. The van der Waals surface area contributed by atoms with E-state index in [4.69, 9.17) is 33.2 Å². The van der Waals surface area contributed by atoms with Crippen molar-refractivity contribution in [3.8, 4) is 6.07 Å². The standard InChI is InChI=1S/C11H9Cl2NO2/c1-2-16-10(15)5-7-3-8(6-14)11(13)9(12)4-7/h3-4H,2,5H2,1H3. The highest BCUT2D eigenvalue weighted by molar-refractivity contribution is 6.42. The highest BCUT2D eigenvalue weighted by atomic mass is 35.5. The van der Waals surface area contributed by atoms with Crippen LogP contribution < -0.4 is 0 Å². The van der Waals surface area contributed by atoms with Crippen LogP contribution in [0.5, 0.6) is 0 Å². The number of carbonyl (C=O) groups excluding carboxylic acids is 1. The highest BCUT2D eigenvalue weighted by Gasteiger charge is 2.10. The normalized spacial score (nSPS) is 9.62. The summed E-state index contributed by atoms with van der Waals surface area (Å²) in [6, 6.07) is 5.00. The lowest BCUT2D eigenvalue weighted by Gasteiger charge is -2.05. The Kier molecular flexibility index (Phi) is 4.60. The predicted octanol–water partition coefficient (Wildman–Crippen LogP) is 2.97. The number of hydrogen-bond acceptors (Lipinski definition) is 3. The molecule has 1 rings (SSSR count). The third-order valence-corrected chi connectivity index (χ3v) is 2.66. The van der Waals surface area contributed by atoms with Gasteiger partial charge >= 0.3 is 5.97 Å². The molecule has 0 unspecified atom stereocenters. The van der Waals surface area contributed by atoms with Gasteiger partial charge in [-0.05, 0) is 24.6 Å². The first-order chi connectivity index (χ1) is 7.58. The van der Waals surface area contributed by atoms with Gasteiger partial charge in [-0.3, -0.25) is 4.79 Å². The third kappa shape index (κ3) is 3.13. The molecule has 0 aliphatic heterocycles. The van der Waals surface area contributed by atoms with Crippen molar-refractivity contribution in [2.75, 3.05) is 6.61 Å². The summed E-state index contributed by atoms with van der Waals surface area (Å²) in [7, 11) is 0. The van der Waals surface area contributed by atoms with E-state index < -0.39 is 0 Å². The van der Waals surface area contributed by atoms with Crippen LogP contribution in [0, 0.1) is 11.3 Å². The molecule has 84 valence electrons. The first-order valence-electron chi connectivity index (χ1n) is 4.62. The van der Waals surface area contributed by atoms with E-state index in [2.05, 4.69) is 0 Å². The van der Waals surface area contributed by atoms with Gasteiger partial charge in [0.25, 0.3) is 0 Å². The zero-order valence-corrected chi connectivity index (χ0v) is 10.1. The molecular formula is C11H9Cl2NO2. The number of nitriles is 1. The molecule has 0 aliphatic carbocycles. The van der Waals surface area contributed by atoms with E-state index in [9.17, 15) is 4.79 Å². The topological polar surface area (TPSA) is 50.1 Å². The molecule has 1 aromatic rings. The van der Waals surface area contributed by atoms with Gasteiger partial charge in [0.05, 0.1) is 28.6 Å². The van der Waals surface area contributed by atoms with Crippen LogP contribution in [0.3, 0.4) is 0 Å². The van der Waals surface area contributed by atoms with Gasteiger partial charge in [-0.25, -0.2) is 0 Å². The summed E-state index contributed by atoms with van der Waals surface area (Å²) >= 11 is 11.6. The second kappa shape index (κ2) is 5.74. The lowest BCUT2D eigenvalue weighted by atomic mass is 10.1. The Morgan fingerprint density at radius 1 is 1.50 bits per heavy atom. The first-order valence-corrected chi connectivity index (χ1v) is 5.37. The van der Waals surface area contributed by atoms with Crippen molar-refractivity contribution in [3.63, 3.8) is 0 Å². The average molecular weight is 258 g/mol. The maximum atomic E-state index is 11.2. The highest BCUT2D eigenvalue weighted by Crippen LogP contribution is 2.27. The molecule has 0 N–H and O–H groups in total. The van der Waals surface area contributed by atoms with Gasteiger partial charge in [0, 0.05) is 0 Å². The summed E-state index contributed by atoms with van der Waals surface area (Å²) in [4.78, 5) is 11.2. The van der Waals surface area contributed by atoms with Crippen molar-refractivity contribution in [2.24, 2.45) is 0 Å². The zero-order chi connectivity index (χ0) is 12.1. The number of carbonyl (C=O) groups is 1. The van der Waals surface area contributed by atoms with Gasteiger partial charge < -0.3 is 4.74 Å². The minimum absolute atomic E-state index is 0.0827. The quantitative estimate of drug-likeness (QED) is 0.783. The molecule has 0 spiro atoms. The fourth-order valence-corrected chi connectivity index (χ4v) is 1.60. The number of hydrogen-bond donors (Lipinski definition) is 0. The molecule has 16 heavy (non-hydrogen) atoms. The molecular weight excluding hydrogens is 249 g/mol. The molecule has 1 aromatic carbocycles. The van der Waals surface area contributed by atoms with Crippen LogP contribution in [-0.2, 0) is 16.0 Å². The monoisotopic (exact) mass is 257 g/mol. The van der Waals surface area contributed by atoms with E-state index in [1.165, 1.54) is 6.07 Å². The second-order valence-corrected chi connectivity index (χ2v) is 3.82. The number of esters is 1. The molecule has 5 heteroatoms. The van der Waals surface area contributed by atoms with E-state index in [0.29, 0.717) is 12.2 Å². The largest absolute Gasteiger partial charge is 0.466 e. The predicted molar refractivity (Wildman–Crippen MR) is 61.5 cm³/mol. The first kappa shape index (κ1) is 12.8. The van der Waals surface area contributed by atoms with E-state index in [1.54, 1.807) is 13.0 Å². The SMILES string of the molecule is CCOC(=O)Cc1cc(Cl)c(Cl)c(C#N)c1. The van der Waals surface area contributed by atoms with Crippen LogP contribution in [-0.4, -0.2) is 12.6 Å². The Morgan fingerprint density at radius 2 is 2.19 bits per heavy atom. The van der Waals surface area contributed by atoms with E-state index >= 15 is 0 Å². The van der Waals surface area contributed by atoms with Crippen molar-refractivity contribution in [2.45, 2.75) is 13.3 Å². The van der Waals surface area contributed by atoms with Crippen molar-refractivity contribution in [1.29, 1.82) is 5.26 Å². The fourth-order valence-electron chi connectivity index (χ4n) is 1.21. The van der Waals surface area contributed by atoms with Crippen molar-refractivity contribution < 1.29 is 9.53 Å². The van der Waals surface area contributed by atoms with Gasteiger partial charge in [-0.15, -0.1) is 0 Å². The van der Waals surface area contributed by atoms with E-state index in [-0.39, 0.29) is 28.0 Å². The van der Waals surface area contributed by atoms with Gasteiger partial charge in [0.1, 0.15) is 6.07 Å². The molecule has 0 amide bonds. The maximum absolute atomic E-state index is 11.2. The summed E-state index contributed by atoms with van der Waals surface area (Å²) in [5.74, 6) is -0.357. The smallest absolute Gasteiger partial charge is 0.310 e.